The molecule has 7 heteroatoms. The Balaban J connectivity index is 2.44. The highest BCUT2D eigenvalue weighted by Gasteiger charge is 2.19. The van der Waals surface area contributed by atoms with Gasteiger partial charge >= 0.3 is 0 Å². The molecule has 22 heavy (non-hydrogen) atoms. The molecule has 0 saturated heterocycles. The zero-order valence-corrected chi connectivity index (χ0v) is 14.4. The van der Waals surface area contributed by atoms with Crippen LogP contribution in [0.1, 0.15) is 38.2 Å². The van der Waals surface area contributed by atoms with Gasteiger partial charge in [-0.3, -0.25) is 0 Å². The molecule has 0 N–H and O–H groups in total. The van der Waals surface area contributed by atoms with Crippen LogP contribution in [0.15, 0.2) is 39.3 Å². The topological polar surface area (TPSA) is 66.6 Å². The van der Waals surface area contributed by atoms with Crippen LogP contribution in [0.3, 0.4) is 0 Å². The third-order valence-corrected chi connectivity index (χ3v) is 4.42. The lowest BCUT2D eigenvalue weighted by molar-refractivity contribution is 0.631. The Bertz CT molecular complexity index is 704. The van der Waals surface area contributed by atoms with Crippen LogP contribution in [-0.2, 0) is 13.1 Å². The van der Waals surface area contributed by atoms with Crippen molar-refractivity contribution in [1.82, 2.24) is 9.55 Å². The zero-order chi connectivity index (χ0) is 16.1. The van der Waals surface area contributed by atoms with Crippen LogP contribution < -0.4 is 0 Å². The molecule has 0 fully saturated rings. The van der Waals surface area contributed by atoms with E-state index in [-0.39, 0.29) is 6.54 Å². The van der Waals surface area contributed by atoms with Gasteiger partial charge in [0.15, 0.2) is 0 Å². The third-order valence-electron chi connectivity index (χ3n) is 3.20. The monoisotopic (exact) mass is 335 g/mol. The molecule has 0 unspecified atom stereocenters. The maximum Gasteiger partial charge on any atom is 0.123 e. The van der Waals surface area contributed by atoms with Gasteiger partial charge in [0, 0.05) is 21.4 Å². The number of hydrogen-bond acceptors (Lipinski definition) is 3. The lowest BCUT2D eigenvalue weighted by Gasteiger charge is -2.12. The zero-order valence-electron chi connectivity index (χ0n) is 12.8. The van der Waals surface area contributed by atoms with E-state index < -0.39 is 0 Å². The van der Waals surface area contributed by atoms with E-state index in [4.69, 9.17) is 17.1 Å². The average molecular weight is 336 g/mol. The second-order valence-electron chi connectivity index (χ2n) is 5.07. The second-order valence-corrected chi connectivity index (χ2v) is 6.56. The molecule has 2 aromatic rings. The first-order valence-electron chi connectivity index (χ1n) is 7.10. The number of rotatable bonds is 6. The van der Waals surface area contributed by atoms with Gasteiger partial charge in [0.05, 0.1) is 12.2 Å². The van der Waals surface area contributed by atoms with Crippen molar-refractivity contribution in [2.24, 2.45) is 5.11 Å². The molecule has 1 aromatic carbocycles. The standard InChI is InChI=1S/C15H18ClN5S/c1-4-21-13(9-18-20-17)19-15(14(21)10(2)3)22-12-7-5-6-11(16)8-12/h5-8,10H,4,9H2,1-3H3. The van der Waals surface area contributed by atoms with Crippen LogP contribution >= 0.6 is 23.4 Å². The number of benzene rings is 1. The smallest absolute Gasteiger partial charge is 0.123 e. The molecule has 0 saturated carbocycles. The fourth-order valence-corrected chi connectivity index (χ4v) is 3.75. The van der Waals surface area contributed by atoms with Crippen LogP contribution in [0.5, 0.6) is 0 Å². The molecule has 2 rings (SSSR count). The Morgan fingerprint density at radius 3 is 2.82 bits per heavy atom. The normalized spacial score (nSPS) is 10.8. The lowest BCUT2D eigenvalue weighted by Crippen LogP contribution is -2.06. The molecule has 1 aromatic heterocycles. The van der Waals surface area contributed by atoms with Crippen molar-refractivity contribution in [3.63, 3.8) is 0 Å². The SMILES string of the molecule is CCn1c(CN=[N+]=[N-])nc(Sc2cccc(Cl)c2)c1C(C)C. The molecule has 0 atom stereocenters. The Morgan fingerprint density at radius 2 is 2.23 bits per heavy atom. The highest BCUT2D eigenvalue weighted by molar-refractivity contribution is 7.99. The van der Waals surface area contributed by atoms with Crippen LogP contribution in [0.2, 0.25) is 5.02 Å². The van der Waals surface area contributed by atoms with E-state index in [0.29, 0.717) is 10.9 Å². The first kappa shape index (κ1) is 16.7. The minimum absolute atomic E-state index is 0.264. The number of hydrogen-bond donors (Lipinski definition) is 0. The van der Waals surface area contributed by atoms with Gasteiger partial charge in [0.2, 0.25) is 0 Å². The van der Waals surface area contributed by atoms with Crippen molar-refractivity contribution < 1.29 is 0 Å². The fraction of sp³-hybridized carbons (Fsp3) is 0.400. The number of imidazole rings is 1. The van der Waals surface area contributed by atoms with Gasteiger partial charge in [0.1, 0.15) is 10.9 Å². The molecule has 1 heterocycles. The molecule has 0 amide bonds. The number of nitrogens with zero attached hydrogens (tertiary/aromatic N) is 5. The Kier molecular flexibility index (Phi) is 5.77. The van der Waals surface area contributed by atoms with E-state index >= 15 is 0 Å². The molecule has 0 radical (unpaired) electrons. The van der Waals surface area contributed by atoms with Crippen molar-refractivity contribution in [2.75, 3.05) is 0 Å². The molecule has 0 aliphatic carbocycles. The molecule has 116 valence electrons. The molecule has 0 aliphatic rings. The van der Waals surface area contributed by atoms with Crippen molar-refractivity contribution in [2.45, 2.75) is 49.7 Å². The number of azide groups is 1. The molecular weight excluding hydrogens is 318 g/mol. The fourth-order valence-electron chi connectivity index (χ4n) is 2.33. The third kappa shape index (κ3) is 3.77. The largest absolute Gasteiger partial charge is 0.331 e. The molecule has 0 aliphatic heterocycles. The van der Waals surface area contributed by atoms with Crippen molar-refractivity contribution >= 4 is 23.4 Å². The lowest BCUT2D eigenvalue weighted by atomic mass is 10.1. The average Bonchev–Trinajstić information content (AvgIpc) is 2.82. The van der Waals surface area contributed by atoms with Crippen molar-refractivity contribution in [3.05, 3.63) is 51.2 Å². The van der Waals surface area contributed by atoms with Crippen molar-refractivity contribution in [1.29, 1.82) is 0 Å². The Hall–Kier alpha value is -1.62. The maximum absolute atomic E-state index is 8.54. The Morgan fingerprint density at radius 1 is 1.45 bits per heavy atom. The van der Waals surface area contributed by atoms with Gasteiger partial charge in [0.25, 0.3) is 0 Å². The summed E-state index contributed by atoms with van der Waals surface area (Å²) in [6, 6.07) is 7.72. The first-order valence-corrected chi connectivity index (χ1v) is 8.29. The van der Waals surface area contributed by atoms with Crippen LogP contribution in [0, 0.1) is 0 Å². The van der Waals surface area contributed by atoms with E-state index in [2.05, 4.69) is 40.3 Å². The second kappa shape index (κ2) is 7.58. The highest BCUT2D eigenvalue weighted by Crippen LogP contribution is 2.35. The molecular formula is C15H18ClN5S. The summed E-state index contributed by atoms with van der Waals surface area (Å²) < 4.78 is 2.13. The Labute approximate surface area is 139 Å². The summed E-state index contributed by atoms with van der Waals surface area (Å²) in [5.74, 6) is 1.13. The van der Waals surface area contributed by atoms with Gasteiger partial charge in [-0.25, -0.2) is 4.98 Å². The van der Waals surface area contributed by atoms with Crippen LogP contribution in [0.25, 0.3) is 10.4 Å². The summed E-state index contributed by atoms with van der Waals surface area (Å²) in [5, 5.41) is 5.31. The summed E-state index contributed by atoms with van der Waals surface area (Å²) >= 11 is 7.64. The summed E-state index contributed by atoms with van der Waals surface area (Å²) in [4.78, 5) is 8.56. The summed E-state index contributed by atoms with van der Waals surface area (Å²) in [5.41, 5.74) is 9.71. The van der Waals surface area contributed by atoms with Crippen LogP contribution in [0.4, 0.5) is 0 Å². The predicted molar refractivity (Wildman–Crippen MR) is 90.4 cm³/mol. The van der Waals surface area contributed by atoms with E-state index in [1.54, 1.807) is 11.8 Å². The highest BCUT2D eigenvalue weighted by atomic mass is 35.5. The van der Waals surface area contributed by atoms with E-state index in [0.717, 1.165) is 28.0 Å². The predicted octanol–water partition coefficient (Wildman–Crippen LogP) is 5.64. The number of halogens is 1. The maximum atomic E-state index is 8.54. The van der Waals surface area contributed by atoms with Gasteiger partial charge in [-0.2, -0.15) is 0 Å². The minimum Gasteiger partial charge on any atom is -0.331 e. The van der Waals surface area contributed by atoms with Crippen molar-refractivity contribution in [3.8, 4) is 0 Å². The summed E-state index contributed by atoms with van der Waals surface area (Å²) in [6.07, 6.45) is 0. The minimum atomic E-state index is 0.264. The molecule has 5 nitrogen and oxygen atoms in total. The van der Waals surface area contributed by atoms with E-state index in [1.165, 1.54) is 0 Å². The van der Waals surface area contributed by atoms with Crippen LogP contribution in [-0.4, -0.2) is 9.55 Å². The van der Waals surface area contributed by atoms with Gasteiger partial charge in [-0.05, 0) is 36.6 Å². The van der Waals surface area contributed by atoms with E-state index in [1.807, 2.05) is 24.3 Å². The van der Waals surface area contributed by atoms with E-state index in [9.17, 15) is 0 Å². The number of aromatic nitrogens is 2. The molecule has 0 bridgehead atoms. The summed E-state index contributed by atoms with van der Waals surface area (Å²) in [6.45, 7) is 7.42. The summed E-state index contributed by atoms with van der Waals surface area (Å²) in [7, 11) is 0. The molecule has 0 spiro atoms. The van der Waals surface area contributed by atoms with Gasteiger partial charge in [-0.1, -0.05) is 48.4 Å². The van der Waals surface area contributed by atoms with Gasteiger partial charge in [-0.15, -0.1) is 0 Å². The van der Waals surface area contributed by atoms with Gasteiger partial charge < -0.3 is 4.57 Å². The first-order chi connectivity index (χ1) is 10.6. The quantitative estimate of drug-likeness (QED) is 0.389.